The van der Waals surface area contributed by atoms with E-state index in [0.29, 0.717) is 0 Å². The highest BCUT2D eigenvalue weighted by atomic mass is 16.1. The van der Waals surface area contributed by atoms with Crippen molar-refractivity contribution >= 4 is 22.6 Å². The number of carbonyl (C=O) groups is 1. The minimum Gasteiger partial charge on any atom is -0.368 e. The van der Waals surface area contributed by atoms with Crippen molar-refractivity contribution in [1.82, 2.24) is 9.55 Å². The molecule has 0 radical (unpaired) electrons. The van der Waals surface area contributed by atoms with Gasteiger partial charge in [-0.1, -0.05) is 0 Å². The standard InChI is InChI=1S/C11H14N4O/c1-14(6-11(12)16)8-3-4-10-9(5-8)13-7-15(10)2/h3-5,7H,6H2,1-2H3,(H2,12,16). The molecule has 5 heteroatoms. The van der Waals surface area contributed by atoms with E-state index in [2.05, 4.69) is 4.98 Å². The number of imidazole rings is 1. The largest absolute Gasteiger partial charge is 0.368 e. The lowest BCUT2D eigenvalue weighted by Crippen LogP contribution is -2.30. The van der Waals surface area contributed by atoms with E-state index in [9.17, 15) is 4.79 Å². The summed E-state index contributed by atoms with van der Waals surface area (Å²) in [5.41, 5.74) is 8.06. The van der Waals surface area contributed by atoms with Crippen molar-refractivity contribution in [2.45, 2.75) is 0 Å². The summed E-state index contributed by atoms with van der Waals surface area (Å²) in [6, 6.07) is 5.88. The van der Waals surface area contributed by atoms with Gasteiger partial charge in [0.15, 0.2) is 0 Å². The Labute approximate surface area is 93.5 Å². The van der Waals surface area contributed by atoms with Crippen molar-refractivity contribution in [1.29, 1.82) is 0 Å². The fourth-order valence-electron chi connectivity index (χ4n) is 1.69. The first-order valence-electron chi connectivity index (χ1n) is 4.98. The van der Waals surface area contributed by atoms with Gasteiger partial charge in [-0.2, -0.15) is 0 Å². The van der Waals surface area contributed by atoms with Crippen LogP contribution in [0.25, 0.3) is 11.0 Å². The van der Waals surface area contributed by atoms with Crippen molar-refractivity contribution in [2.24, 2.45) is 12.8 Å². The number of carbonyl (C=O) groups excluding carboxylic acids is 1. The third-order valence-electron chi connectivity index (χ3n) is 2.54. The Morgan fingerprint density at radius 3 is 3.00 bits per heavy atom. The van der Waals surface area contributed by atoms with Gasteiger partial charge in [0.05, 0.1) is 23.9 Å². The lowest BCUT2D eigenvalue weighted by atomic mass is 10.2. The zero-order valence-corrected chi connectivity index (χ0v) is 9.34. The second-order valence-electron chi connectivity index (χ2n) is 3.85. The summed E-state index contributed by atoms with van der Waals surface area (Å²) in [4.78, 5) is 16.9. The van der Waals surface area contributed by atoms with Crippen molar-refractivity contribution in [2.75, 3.05) is 18.5 Å². The monoisotopic (exact) mass is 218 g/mol. The lowest BCUT2D eigenvalue weighted by Gasteiger charge is -2.16. The number of nitrogens with zero attached hydrogens (tertiary/aromatic N) is 3. The van der Waals surface area contributed by atoms with Crippen LogP contribution in [0.15, 0.2) is 24.5 Å². The van der Waals surface area contributed by atoms with Crippen molar-refractivity contribution in [3.8, 4) is 0 Å². The zero-order valence-electron chi connectivity index (χ0n) is 9.34. The lowest BCUT2D eigenvalue weighted by molar-refractivity contribution is -0.116. The molecule has 0 aliphatic heterocycles. The first-order chi connectivity index (χ1) is 7.58. The Bertz CT molecular complexity index is 532. The molecule has 0 aliphatic carbocycles. The van der Waals surface area contributed by atoms with Crippen LogP contribution < -0.4 is 10.6 Å². The zero-order chi connectivity index (χ0) is 11.7. The fraction of sp³-hybridized carbons (Fsp3) is 0.273. The molecule has 0 saturated carbocycles. The molecule has 0 bridgehead atoms. The molecule has 84 valence electrons. The molecule has 5 nitrogen and oxygen atoms in total. The van der Waals surface area contributed by atoms with Crippen LogP contribution in [0.5, 0.6) is 0 Å². The summed E-state index contributed by atoms with van der Waals surface area (Å²) < 4.78 is 1.95. The first kappa shape index (κ1) is 10.5. The number of benzene rings is 1. The quantitative estimate of drug-likeness (QED) is 0.815. The number of amides is 1. The van der Waals surface area contributed by atoms with E-state index in [1.54, 1.807) is 11.2 Å². The predicted molar refractivity (Wildman–Crippen MR) is 63.2 cm³/mol. The Balaban J connectivity index is 2.35. The molecule has 0 unspecified atom stereocenters. The van der Waals surface area contributed by atoms with Crippen LogP contribution in [-0.2, 0) is 11.8 Å². The molecule has 1 aromatic carbocycles. The number of likely N-dealkylation sites (N-methyl/N-ethyl adjacent to an activating group) is 1. The highest BCUT2D eigenvalue weighted by molar-refractivity contribution is 5.83. The van der Waals surface area contributed by atoms with Crippen LogP contribution in [0.3, 0.4) is 0 Å². The summed E-state index contributed by atoms with van der Waals surface area (Å²) in [6.45, 7) is 0.207. The number of hydrogen-bond donors (Lipinski definition) is 1. The highest BCUT2D eigenvalue weighted by Gasteiger charge is 2.06. The van der Waals surface area contributed by atoms with Gasteiger partial charge in [0.1, 0.15) is 0 Å². The fourth-order valence-corrected chi connectivity index (χ4v) is 1.69. The van der Waals surface area contributed by atoms with Crippen molar-refractivity contribution in [3.05, 3.63) is 24.5 Å². The third-order valence-corrected chi connectivity index (χ3v) is 2.54. The van der Waals surface area contributed by atoms with E-state index in [1.165, 1.54) is 0 Å². The summed E-state index contributed by atoms with van der Waals surface area (Å²) in [5, 5.41) is 0. The normalized spacial score (nSPS) is 10.6. The third kappa shape index (κ3) is 1.84. The van der Waals surface area contributed by atoms with E-state index >= 15 is 0 Å². The highest BCUT2D eigenvalue weighted by Crippen LogP contribution is 2.19. The number of anilines is 1. The van der Waals surface area contributed by atoms with Gasteiger partial charge in [-0.25, -0.2) is 4.98 Å². The van der Waals surface area contributed by atoms with E-state index in [4.69, 9.17) is 5.73 Å². The number of aryl methyl sites for hydroxylation is 1. The smallest absolute Gasteiger partial charge is 0.236 e. The number of nitrogens with two attached hydrogens (primary N) is 1. The van der Waals surface area contributed by atoms with Crippen LogP contribution in [0.1, 0.15) is 0 Å². The summed E-state index contributed by atoms with van der Waals surface area (Å²) in [5.74, 6) is -0.344. The van der Waals surface area contributed by atoms with Crippen LogP contribution >= 0.6 is 0 Å². The first-order valence-corrected chi connectivity index (χ1v) is 4.98. The molecular formula is C11H14N4O. The average molecular weight is 218 g/mol. The molecule has 2 aromatic rings. The minimum atomic E-state index is -0.344. The maximum atomic E-state index is 10.8. The SMILES string of the molecule is CN(CC(N)=O)c1ccc2c(c1)ncn2C. The van der Waals surface area contributed by atoms with Crippen molar-refractivity contribution in [3.63, 3.8) is 0 Å². The van der Waals surface area contributed by atoms with E-state index in [1.807, 2.05) is 36.9 Å². The van der Waals surface area contributed by atoms with Gasteiger partial charge in [-0.15, -0.1) is 0 Å². The Morgan fingerprint density at radius 2 is 2.31 bits per heavy atom. The van der Waals surface area contributed by atoms with Gasteiger partial charge < -0.3 is 15.2 Å². The molecule has 16 heavy (non-hydrogen) atoms. The maximum Gasteiger partial charge on any atom is 0.236 e. The molecular weight excluding hydrogens is 204 g/mol. The summed E-state index contributed by atoms with van der Waals surface area (Å²) >= 11 is 0. The molecule has 1 heterocycles. The Morgan fingerprint density at radius 1 is 1.56 bits per heavy atom. The maximum absolute atomic E-state index is 10.8. The number of aromatic nitrogens is 2. The average Bonchev–Trinajstić information content (AvgIpc) is 2.59. The van der Waals surface area contributed by atoms with Crippen LogP contribution in [0.2, 0.25) is 0 Å². The molecule has 0 spiro atoms. The predicted octanol–water partition coefficient (Wildman–Crippen LogP) is 0.495. The number of hydrogen-bond acceptors (Lipinski definition) is 3. The van der Waals surface area contributed by atoms with Crippen molar-refractivity contribution < 1.29 is 4.79 Å². The molecule has 0 atom stereocenters. The second-order valence-corrected chi connectivity index (χ2v) is 3.85. The molecule has 2 rings (SSSR count). The van der Waals surface area contributed by atoms with Gasteiger partial charge in [0, 0.05) is 19.8 Å². The van der Waals surface area contributed by atoms with E-state index in [-0.39, 0.29) is 12.5 Å². The van der Waals surface area contributed by atoms with Gasteiger partial charge in [0.25, 0.3) is 0 Å². The molecule has 2 N–H and O–H groups in total. The van der Waals surface area contributed by atoms with Crippen LogP contribution in [0.4, 0.5) is 5.69 Å². The van der Waals surface area contributed by atoms with Crippen LogP contribution in [0, 0.1) is 0 Å². The van der Waals surface area contributed by atoms with Crippen LogP contribution in [-0.4, -0.2) is 29.1 Å². The number of fused-ring (bicyclic) bond motifs is 1. The summed E-state index contributed by atoms with van der Waals surface area (Å²) in [6.07, 6.45) is 1.77. The molecule has 0 fully saturated rings. The molecule has 1 aromatic heterocycles. The molecule has 1 amide bonds. The Kier molecular flexibility index (Phi) is 2.52. The molecule has 0 aliphatic rings. The van der Waals surface area contributed by atoms with E-state index in [0.717, 1.165) is 16.7 Å². The van der Waals surface area contributed by atoms with Gasteiger partial charge >= 0.3 is 0 Å². The molecule has 0 saturated heterocycles. The topological polar surface area (TPSA) is 64.2 Å². The van der Waals surface area contributed by atoms with Gasteiger partial charge in [0.2, 0.25) is 5.91 Å². The number of primary amides is 1. The van der Waals surface area contributed by atoms with Gasteiger partial charge in [-0.3, -0.25) is 4.79 Å². The minimum absolute atomic E-state index is 0.207. The number of rotatable bonds is 3. The Hall–Kier alpha value is -2.04. The summed E-state index contributed by atoms with van der Waals surface area (Å²) in [7, 11) is 3.77. The second kappa shape index (κ2) is 3.84. The van der Waals surface area contributed by atoms with E-state index < -0.39 is 0 Å². The van der Waals surface area contributed by atoms with Gasteiger partial charge in [-0.05, 0) is 18.2 Å².